The molecule has 0 atom stereocenters. The number of anilines is 1. The van der Waals surface area contributed by atoms with Crippen molar-refractivity contribution in [3.05, 3.63) is 14.7 Å². The van der Waals surface area contributed by atoms with E-state index >= 15 is 0 Å². The van der Waals surface area contributed by atoms with Gasteiger partial charge in [-0.1, -0.05) is 19.1 Å². The lowest BCUT2D eigenvalue weighted by Crippen LogP contribution is -2.32. The lowest BCUT2D eigenvalue weighted by Gasteiger charge is -2.23. The molecule has 0 fully saturated rings. The third-order valence-electron chi connectivity index (χ3n) is 3.22. The third kappa shape index (κ3) is 4.55. The average Bonchev–Trinajstić information content (AvgIpc) is 2.43. The van der Waals surface area contributed by atoms with Gasteiger partial charge in [0.05, 0.1) is 18.1 Å². The highest BCUT2D eigenvalue weighted by Crippen LogP contribution is 2.28. The SMILES string of the molecule is CCCN(C)CCOCCN(C)c1c(SC)c(=S)c1=O. The molecule has 20 heavy (non-hydrogen) atoms. The van der Waals surface area contributed by atoms with Crippen molar-refractivity contribution in [2.75, 3.05) is 58.1 Å². The van der Waals surface area contributed by atoms with Gasteiger partial charge in [-0.15, -0.1) is 11.8 Å². The van der Waals surface area contributed by atoms with Crippen molar-refractivity contribution in [3.8, 4) is 0 Å². The summed E-state index contributed by atoms with van der Waals surface area (Å²) in [6.45, 7) is 6.28. The minimum absolute atomic E-state index is 0.00507. The molecule has 0 heterocycles. The van der Waals surface area contributed by atoms with Crippen LogP contribution in [0, 0.1) is 4.51 Å². The van der Waals surface area contributed by atoms with E-state index in [0.29, 0.717) is 17.7 Å². The Morgan fingerprint density at radius 3 is 2.45 bits per heavy atom. The Morgan fingerprint density at radius 2 is 1.85 bits per heavy atom. The molecule has 0 aliphatic carbocycles. The normalized spacial score (nSPS) is 11.4. The van der Waals surface area contributed by atoms with Gasteiger partial charge in [-0.25, -0.2) is 0 Å². The van der Waals surface area contributed by atoms with E-state index < -0.39 is 0 Å². The van der Waals surface area contributed by atoms with Crippen LogP contribution >= 0.6 is 24.0 Å². The minimum atomic E-state index is -0.00507. The predicted molar refractivity (Wildman–Crippen MR) is 89.6 cm³/mol. The van der Waals surface area contributed by atoms with Crippen LogP contribution in [0.15, 0.2) is 9.69 Å². The molecular weight excluding hydrogens is 292 g/mol. The maximum absolute atomic E-state index is 11.7. The second kappa shape index (κ2) is 8.77. The highest BCUT2D eigenvalue weighted by atomic mass is 32.2. The van der Waals surface area contributed by atoms with Gasteiger partial charge in [0.15, 0.2) is 0 Å². The van der Waals surface area contributed by atoms with Crippen molar-refractivity contribution < 1.29 is 4.74 Å². The molecule has 0 aliphatic rings. The first-order valence-electron chi connectivity index (χ1n) is 6.87. The summed E-state index contributed by atoms with van der Waals surface area (Å²) < 4.78 is 6.09. The fourth-order valence-electron chi connectivity index (χ4n) is 2.02. The van der Waals surface area contributed by atoms with Gasteiger partial charge in [0.2, 0.25) is 5.43 Å². The third-order valence-corrected chi connectivity index (χ3v) is 4.55. The second-order valence-corrected chi connectivity index (χ2v) is 6.10. The molecule has 1 aromatic rings. The Morgan fingerprint density at radius 1 is 1.20 bits per heavy atom. The molecule has 0 spiro atoms. The molecule has 1 rings (SSSR count). The molecule has 0 saturated carbocycles. The molecule has 4 nitrogen and oxygen atoms in total. The molecular formula is C14H24N2O2S2. The topological polar surface area (TPSA) is 32.8 Å². The van der Waals surface area contributed by atoms with E-state index in [1.165, 1.54) is 0 Å². The number of rotatable bonds is 10. The predicted octanol–water partition coefficient (Wildman–Crippen LogP) is 2.17. The summed E-state index contributed by atoms with van der Waals surface area (Å²) in [7, 11) is 4.01. The molecule has 0 amide bonds. The van der Waals surface area contributed by atoms with Crippen LogP contribution in [0.1, 0.15) is 13.3 Å². The van der Waals surface area contributed by atoms with Crippen LogP contribution in [0.2, 0.25) is 0 Å². The fraction of sp³-hybridized carbons (Fsp3) is 0.714. The van der Waals surface area contributed by atoms with Crippen LogP contribution < -0.4 is 10.3 Å². The van der Waals surface area contributed by atoms with Gasteiger partial charge < -0.3 is 14.5 Å². The zero-order valence-corrected chi connectivity index (χ0v) is 14.4. The van der Waals surface area contributed by atoms with Crippen molar-refractivity contribution >= 4 is 29.7 Å². The van der Waals surface area contributed by atoms with Gasteiger partial charge in [-0.05, 0) is 26.3 Å². The maximum Gasteiger partial charge on any atom is 0.222 e. The van der Waals surface area contributed by atoms with Crippen LogP contribution in [0.4, 0.5) is 5.69 Å². The van der Waals surface area contributed by atoms with Gasteiger partial charge in [0.1, 0.15) is 10.2 Å². The van der Waals surface area contributed by atoms with E-state index in [1.807, 2.05) is 18.2 Å². The highest BCUT2D eigenvalue weighted by molar-refractivity contribution is 7.99. The second-order valence-electron chi connectivity index (χ2n) is 4.88. The van der Waals surface area contributed by atoms with Crippen LogP contribution in [0.5, 0.6) is 0 Å². The summed E-state index contributed by atoms with van der Waals surface area (Å²) in [6, 6.07) is 0. The van der Waals surface area contributed by atoms with Crippen LogP contribution in [0.25, 0.3) is 0 Å². The number of hydrogen-bond donors (Lipinski definition) is 0. The van der Waals surface area contributed by atoms with Crippen molar-refractivity contribution in [2.24, 2.45) is 0 Å². The molecule has 6 heteroatoms. The molecule has 0 unspecified atom stereocenters. The Kier molecular flexibility index (Phi) is 7.72. The van der Waals surface area contributed by atoms with Crippen molar-refractivity contribution in [3.63, 3.8) is 0 Å². The van der Waals surface area contributed by atoms with E-state index in [4.69, 9.17) is 17.0 Å². The van der Waals surface area contributed by atoms with Gasteiger partial charge in [-0.2, -0.15) is 0 Å². The summed E-state index contributed by atoms with van der Waals surface area (Å²) >= 11 is 6.58. The number of likely N-dealkylation sites (N-methyl/N-ethyl adjacent to an activating group) is 2. The Balaban J connectivity index is 2.27. The first-order valence-corrected chi connectivity index (χ1v) is 8.50. The molecule has 0 aromatic heterocycles. The molecule has 1 aromatic carbocycles. The molecule has 0 N–H and O–H groups in total. The van der Waals surface area contributed by atoms with Crippen molar-refractivity contribution in [1.82, 2.24) is 4.90 Å². The van der Waals surface area contributed by atoms with E-state index in [-0.39, 0.29) is 5.43 Å². The number of nitrogens with zero attached hydrogens (tertiary/aromatic N) is 2. The highest BCUT2D eigenvalue weighted by Gasteiger charge is 2.20. The molecule has 114 valence electrons. The summed E-state index contributed by atoms with van der Waals surface area (Å²) in [5, 5.41) is 0. The van der Waals surface area contributed by atoms with Crippen LogP contribution in [0.3, 0.4) is 0 Å². The van der Waals surface area contributed by atoms with E-state index in [2.05, 4.69) is 18.9 Å². The van der Waals surface area contributed by atoms with Crippen LogP contribution in [-0.2, 0) is 4.74 Å². The van der Waals surface area contributed by atoms with E-state index in [1.54, 1.807) is 11.8 Å². The zero-order valence-electron chi connectivity index (χ0n) is 12.8. The summed E-state index contributed by atoms with van der Waals surface area (Å²) in [5.41, 5.74) is 0.740. The zero-order chi connectivity index (χ0) is 15.1. The van der Waals surface area contributed by atoms with Gasteiger partial charge in [0, 0.05) is 20.1 Å². The summed E-state index contributed by atoms with van der Waals surface area (Å²) in [4.78, 5) is 16.9. The number of hydrogen-bond acceptors (Lipinski definition) is 6. The Labute approximate surface area is 130 Å². The number of ether oxygens (including phenoxy) is 1. The maximum atomic E-state index is 11.7. The van der Waals surface area contributed by atoms with Gasteiger partial charge in [-0.3, -0.25) is 4.79 Å². The monoisotopic (exact) mass is 316 g/mol. The lowest BCUT2D eigenvalue weighted by molar-refractivity contribution is 0.117. The van der Waals surface area contributed by atoms with Crippen LogP contribution in [-0.4, -0.2) is 58.1 Å². The van der Waals surface area contributed by atoms with Gasteiger partial charge in [0.25, 0.3) is 0 Å². The molecule has 0 aliphatic heterocycles. The Bertz CT molecular complexity index is 484. The smallest absolute Gasteiger partial charge is 0.222 e. The van der Waals surface area contributed by atoms with E-state index in [0.717, 1.165) is 36.7 Å². The minimum Gasteiger partial charge on any atom is -0.378 e. The molecule has 0 saturated heterocycles. The summed E-state index contributed by atoms with van der Waals surface area (Å²) in [5.74, 6) is 0. The number of thioether (sulfide) groups is 1. The quantitative estimate of drug-likeness (QED) is 0.374. The molecule has 0 bridgehead atoms. The van der Waals surface area contributed by atoms with Gasteiger partial charge >= 0.3 is 0 Å². The Hall–Kier alpha value is -0.430. The first kappa shape index (κ1) is 17.6. The average molecular weight is 316 g/mol. The van der Waals surface area contributed by atoms with E-state index in [9.17, 15) is 4.79 Å². The summed E-state index contributed by atoms with van der Waals surface area (Å²) in [6.07, 6.45) is 3.11. The van der Waals surface area contributed by atoms with Crippen molar-refractivity contribution in [1.29, 1.82) is 0 Å². The standard InChI is InChI=1S/C14H24N2O2S2/c1-5-6-15(2)7-9-18-10-8-16(3)11-12(17)13(19)14(11)20-4/h5-10H2,1-4H3. The largest absolute Gasteiger partial charge is 0.378 e. The fourth-order valence-corrected chi connectivity index (χ4v) is 3.19. The lowest BCUT2D eigenvalue weighted by atomic mass is 10.2. The van der Waals surface area contributed by atoms with Crippen molar-refractivity contribution in [2.45, 2.75) is 18.2 Å². The first-order chi connectivity index (χ1) is 9.52. The molecule has 0 radical (unpaired) electrons.